The van der Waals surface area contributed by atoms with Gasteiger partial charge in [0.1, 0.15) is 0 Å². The zero-order valence-corrected chi connectivity index (χ0v) is 10.8. The first kappa shape index (κ1) is 11.9. The average molecular weight is 220 g/mol. The predicted octanol–water partition coefficient (Wildman–Crippen LogP) is 3.70. The minimum absolute atomic E-state index is 0.209. The molecule has 1 N–H and O–H groups in total. The van der Waals surface area contributed by atoms with Crippen LogP contribution in [0.15, 0.2) is 23.8 Å². The zero-order valence-electron chi connectivity index (χ0n) is 10.8. The highest BCUT2D eigenvalue weighted by atomic mass is 16.3. The molecule has 1 fully saturated rings. The fraction of sp³-hybridized carbons (Fsp3) is 0.733. The molecular weight excluding hydrogens is 196 g/mol. The monoisotopic (exact) mass is 220 g/mol. The summed E-state index contributed by atoms with van der Waals surface area (Å²) in [7, 11) is 0. The summed E-state index contributed by atoms with van der Waals surface area (Å²) >= 11 is 0. The number of aliphatic hydroxyl groups excluding tert-OH is 1. The van der Waals surface area contributed by atoms with E-state index >= 15 is 0 Å². The van der Waals surface area contributed by atoms with Crippen LogP contribution in [-0.2, 0) is 0 Å². The van der Waals surface area contributed by atoms with Gasteiger partial charge < -0.3 is 5.11 Å². The molecule has 90 valence electrons. The van der Waals surface area contributed by atoms with Crippen LogP contribution in [0.5, 0.6) is 0 Å². The van der Waals surface area contributed by atoms with Gasteiger partial charge in [0.2, 0.25) is 0 Å². The van der Waals surface area contributed by atoms with Crippen LogP contribution in [0, 0.1) is 17.3 Å². The second kappa shape index (κ2) is 4.03. The fourth-order valence-electron chi connectivity index (χ4n) is 3.49. The van der Waals surface area contributed by atoms with E-state index in [9.17, 15) is 5.11 Å². The Morgan fingerprint density at radius 1 is 1.56 bits per heavy atom. The Bertz CT molecular complexity index is 328. The van der Waals surface area contributed by atoms with Crippen LogP contribution in [0.1, 0.15) is 46.5 Å². The molecule has 1 nitrogen and oxygen atoms in total. The summed E-state index contributed by atoms with van der Waals surface area (Å²) in [5.74, 6) is 1.27. The number of allylic oxidation sites excluding steroid dienone is 2. The van der Waals surface area contributed by atoms with Crippen molar-refractivity contribution in [2.75, 3.05) is 0 Å². The normalized spacial score (nSPS) is 43.5. The van der Waals surface area contributed by atoms with Crippen LogP contribution in [0.2, 0.25) is 0 Å². The molecule has 0 saturated heterocycles. The maximum Gasteiger partial charge on any atom is 0.0726 e. The van der Waals surface area contributed by atoms with E-state index in [4.69, 9.17) is 0 Å². The Morgan fingerprint density at radius 2 is 2.25 bits per heavy atom. The van der Waals surface area contributed by atoms with Crippen molar-refractivity contribution in [3.05, 3.63) is 23.8 Å². The lowest BCUT2D eigenvalue weighted by atomic mass is 9.57. The minimum atomic E-state index is -0.209. The molecule has 0 heterocycles. The van der Waals surface area contributed by atoms with Crippen molar-refractivity contribution in [2.45, 2.75) is 52.6 Å². The summed E-state index contributed by atoms with van der Waals surface area (Å²) in [6.45, 7) is 10.9. The van der Waals surface area contributed by atoms with Crippen molar-refractivity contribution >= 4 is 0 Å². The van der Waals surface area contributed by atoms with E-state index in [0.29, 0.717) is 17.3 Å². The van der Waals surface area contributed by atoms with Crippen molar-refractivity contribution < 1.29 is 5.11 Å². The number of aliphatic hydroxyl groups is 1. The molecule has 0 aromatic carbocycles. The molecule has 0 radical (unpaired) electrons. The topological polar surface area (TPSA) is 20.2 Å². The standard InChI is InChI=1S/C15H24O/c1-10(2)12-5-6-13-8-14(16)7-11(3)15(13,4)9-12/h8,11-12,14,16H,1,5-7,9H2,2-4H3/t11?,12?,14-,15?/m0/s1. The Morgan fingerprint density at radius 3 is 2.88 bits per heavy atom. The van der Waals surface area contributed by atoms with Crippen LogP contribution in [0.25, 0.3) is 0 Å². The summed E-state index contributed by atoms with van der Waals surface area (Å²) < 4.78 is 0. The van der Waals surface area contributed by atoms with E-state index in [1.54, 1.807) is 0 Å². The molecule has 0 aliphatic heterocycles. The van der Waals surface area contributed by atoms with E-state index in [0.717, 1.165) is 12.8 Å². The molecule has 0 spiro atoms. The SMILES string of the molecule is C=C(C)C1CCC2=C[C@@H](O)CC(C)C2(C)C1. The highest BCUT2D eigenvalue weighted by Gasteiger charge is 2.43. The molecule has 0 amide bonds. The first-order chi connectivity index (χ1) is 7.43. The Hall–Kier alpha value is -0.560. The van der Waals surface area contributed by atoms with Gasteiger partial charge in [-0.25, -0.2) is 0 Å². The predicted molar refractivity (Wildman–Crippen MR) is 68.1 cm³/mol. The lowest BCUT2D eigenvalue weighted by Gasteiger charge is -2.48. The van der Waals surface area contributed by atoms with Crippen molar-refractivity contribution in [3.8, 4) is 0 Å². The van der Waals surface area contributed by atoms with E-state index in [1.807, 2.05) is 0 Å². The third-order valence-electron chi connectivity index (χ3n) is 4.94. The van der Waals surface area contributed by atoms with Gasteiger partial charge in [-0.05, 0) is 49.9 Å². The molecule has 0 aromatic rings. The third-order valence-corrected chi connectivity index (χ3v) is 4.94. The maximum absolute atomic E-state index is 9.81. The van der Waals surface area contributed by atoms with Crippen molar-refractivity contribution in [1.29, 1.82) is 0 Å². The number of hydrogen-bond donors (Lipinski definition) is 1. The third kappa shape index (κ3) is 1.86. The molecule has 1 heteroatoms. The minimum Gasteiger partial charge on any atom is -0.389 e. The van der Waals surface area contributed by atoms with Crippen LogP contribution in [0.4, 0.5) is 0 Å². The Labute approximate surface area is 99.3 Å². The molecule has 16 heavy (non-hydrogen) atoms. The molecule has 1 saturated carbocycles. The highest BCUT2D eigenvalue weighted by molar-refractivity contribution is 5.24. The summed E-state index contributed by atoms with van der Waals surface area (Å²) in [4.78, 5) is 0. The Balaban J connectivity index is 2.26. The molecule has 2 rings (SSSR count). The van der Waals surface area contributed by atoms with Gasteiger partial charge in [-0.15, -0.1) is 0 Å². The molecule has 2 aliphatic carbocycles. The van der Waals surface area contributed by atoms with Crippen LogP contribution in [-0.4, -0.2) is 11.2 Å². The Kier molecular flexibility index (Phi) is 3.00. The lowest BCUT2D eigenvalue weighted by Crippen LogP contribution is -2.39. The van der Waals surface area contributed by atoms with E-state index in [-0.39, 0.29) is 6.10 Å². The summed E-state index contributed by atoms with van der Waals surface area (Å²) in [6, 6.07) is 0. The van der Waals surface area contributed by atoms with Crippen LogP contribution < -0.4 is 0 Å². The van der Waals surface area contributed by atoms with Crippen LogP contribution in [0.3, 0.4) is 0 Å². The van der Waals surface area contributed by atoms with Gasteiger partial charge >= 0.3 is 0 Å². The quantitative estimate of drug-likeness (QED) is 0.668. The van der Waals surface area contributed by atoms with Gasteiger partial charge in [-0.2, -0.15) is 0 Å². The van der Waals surface area contributed by atoms with Crippen molar-refractivity contribution in [3.63, 3.8) is 0 Å². The second-order valence-electron chi connectivity index (χ2n) is 6.10. The molecule has 3 unspecified atom stereocenters. The summed E-state index contributed by atoms with van der Waals surface area (Å²) in [5.41, 5.74) is 3.14. The molecular formula is C15H24O. The molecule has 0 bridgehead atoms. The van der Waals surface area contributed by atoms with Gasteiger partial charge in [0, 0.05) is 0 Å². The van der Waals surface area contributed by atoms with E-state index < -0.39 is 0 Å². The first-order valence-electron chi connectivity index (χ1n) is 6.48. The zero-order chi connectivity index (χ0) is 11.9. The summed E-state index contributed by atoms with van der Waals surface area (Å²) in [6.07, 6.45) is 6.42. The van der Waals surface area contributed by atoms with Crippen LogP contribution >= 0.6 is 0 Å². The fourth-order valence-corrected chi connectivity index (χ4v) is 3.49. The number of hydrogen-bond acceptors (Lipinski definition) is 1. The number of fused-ring (bicyclic) bond motifs is 1. The second-order valence-corrected chi connectivity index (χ2v) is 6.10. The van der Waals surface area contributed by atoms with Gasteiger partial charge in [0.25, 0.3) is 0 Å². The molecule has 0 aromatic heterocycles. The lowest BCUT2D eigenvalue weighted by molar-refractivity contribution is 0.0882. The van der Waals surface area contributed by atoms with Crippen molar-refractivity contribution in [1.82, 2.24) is 0 Å². The maximum atomic E-state index is 9.81. The van der Waals surface area contributed by atoms with E-state index in [2.05, 4.69) is 33.4 Å². The van der Waals surface area contributed by atoms with E-state index in [1.165, 1.54) is 24.0 Å². The highest BCUT2D eigenvalue weighted by Crippen LogP contribution is 2.53. The summed E-state index contributed by atoms with van der Waals surface area (Å²) in [5, 5.41) is 9.81. The number of rotatable bonds is 1. The van der Waals surface area contributed by atoms with Gasteiger partial charge in [-0.3, -0.25) is 0 Å². The molecule has 2 aliphatic rings. The van der Waals surface area contributed by atoms with Gasteiger partial charge in [0.15, 0.2) is 0 Å². The molecule has 4 atom stereocenters. The van der Waals surface area contributed by atoms with Gasteiger partial charge in [0.05, 0.1) is 6.10 Å². The largest absolute Gasteiger partial charge is 0.389 e. The average Bonchev–Trinajstić information content (AvgIpc) is 2.19. The first-order valence-corrected chi connectivity index (χ1v) is 6.48. The van der Waals surface area contributed by atoms with Gasteiger partial charge in [-0.1, -0.05) is 37.6 Å². The van der Waals surface area contributed by atoms with Crippen molar-refractivity contribution in [2.24, 2.45) is 17.3 Å². The smallest absolute Gasteiger partial charge is 0.0726 e.